The number of amides is 2. The van der Waals surface area contributed by atoms with Gasteiger partial charge in [0.2, 0.25) is 0 Å². The molecule has 2 rings (SSSR count). The average molecular weight is 475 g/mol. The van der Waals surface area contributed by atoms with E-state index < -0.39 is 23.6 Å². The molecule has 0 aliphatic rings. The van der Waals surface area contributed by atoms with Crippen LogP contribution in [0.4, 0.5) is 13.2 Å². The summed E-state index contributed by atoms with van der Waals surface area (Å²) >= 11 is 1.99. The molecule has 0 spiro atoms. The summed E-state index contributed by atoms with van der Waals surface area (Å²) in [5.41, 5.74) is 1.46. The van der Waals surface area contributed by atoms with E-state index in [0.717, 1.165) is 15.9 Å². The van der Waals surface area contributed by atoms with Gasteiger partial charge in [0.15, 0.2) is 0 Å². The van der Waals surface area contributed by atoms with E-state index >= 15 is 0 Å². The van der Waals surface area contributed by atoms with Crippen molar-refractivity contribution >= 4 is 40.6 Å². The topological polar surface area (TPSA) is 70.6 Å². The number of hydrogen-bond acceptors (Lipinski definition) is 3. The van der Waals surface area contributed by atoms with Gasteiger partial charge in [0, 0.05) is 9.13 Å². The normalized spacial score (nSPS) is 11.4. The third kappa shape index (κ3) is 5.55. The van der Waals surface area contributed by atoms with Crippen molar-refractivity contribution in [1.29, 1.82) is 0 Å². The number of carbonyl (C=O) groups excluding carboxylic acids is 2. The van der Waals surface area contributed by atoms with Crippen LogP contribution in [0.15, 0.2) is 53.6 Å². The molecule has 9 heteroatoms. The van der Waals surface area contributed by atoms with Gasteiger partial charge in [-0.25, -0.2) is 5.43 Å². The Morgan fingerprint density at radius 1 is 1.08 bits per heavy atom. The molecule has 5 nitrogen and oxygen atoms in total. The summed E-state index contributed by atoms with van der Waals surface area (Å²) in [7, 11) is 0. The van der Waals surface area contributed by atoms with Crippen molar-refractivity contribution in [1.82, 2.24) is 10.7 Å². The molecule has 2 N–H and O–H groups in total. The average Bonchev–Trinajstić information content (AvgIpc) is 2.59. The fourth-order valence-corrected chi connectivity index (χ4v) is 2.61. The van der Waals surface area contributed by atoms with Gasteiger partial charge in [-0.2, -0.15) is 18.3 Å². The van der Waals surface area contributed by atoms with Crippen molar-refractivity contribution in [3.8, 4) is 0 Å². The largest absolute Gasteiger partial charge is 0.417 e. The molecule has 136 valence electrons. The molecule has 2 aromatic rings. The number of nitrogens with zero attached hydrogens (tertiary/aromatic N) is 1. The highest BCUT2D eigenvalue weighted by atomic mass is 127. The Morgan fingerprint density at radius 2 is 1.73 bits per heavy atom. The van der Waals surface area contributed by atoms with Gasteiger partial charge in [-0.05, 0) is 40.8 Å². The molecule has 0 aromatic heterocycles. The van der Waals surface area contributed by atoms with Gasteiger partial charge in [0.1, 0.15) is 0 Å². The summed E-state index contributed by atoms with van der Waals surface area (Å²) in [6, 6.07) is 11.7. The van der Waals surface area contributed by atoms with Crippen LogP contribution in [0, 0.1) is 3.57 Å². The second-order valence-electron chi connectivity index (χ2n) is 5.04. The number of halogens is 4. The first-order valence-corrected chi connectivity index (χ1v) is 8.38. The fourth-order valence-electron chi connectivity index (χ4n) is 1.98. The lowest BCUT2D eigenvalue weighted by atomic mass is 10.1. The standard InChI is InChI=1S/C17H13F3IN3O2/c18-17(19,20)13-7-3-1-5-11(13)9-23-24-15(25)10-22-16(26)12-6-2-4-8-14(12)21/h1-9H,10H2,(H,22,26)(H,24,25)/b23-9-. The van der Waals surface area contributed by atoms with Gasteiger partial charge < -0.3 is 5.32 Å². The lowest BCUT2D eigenvalue weighted by Crippen LogP contribution is -2.35. The number of nitrogens with one attached hydrogen (secondary N) is 2. The lowest BCUT2D eigenvalue weighted by Gasteiger charge is -2.09. The van der Waals surface area contributed by atoms with Crippen LogP contribution in [0.1, 0.15) is 21.5 Å². The predicted molar refractivity (Wildman–Crippen MR) is 98.7 cm³/mol. The van der Waals surface area contributed by atoms with Crippen LogP contribution < -0.4 is 10.7 Å². The van der Waals surface area contributed by atoms with Crippen LogP contribution >= 0.6 is 22.6 Å². The van der Waals surface area contributed by atoms with Crippen LogP contribution in [0.3, 0.4) is 0 Å². The zero-order chi connectivity index (χ0) is 19.2. The Hall–Kier alpha value is -2.43. The van der Waals surface area contributed by atoms with Gasteiger partial charge in [-0.3, -0.25) is 9.59 Å². The van der Waals surface area contributed by atoms with Crippen molar-refractivity contribution in [3.63, 3.8) is 0 Å². The first-order chi connectivity index (χ1) is 12.3. The van der Waals surface area contributed by atoms with E-state index in [-0.39, 0.29) is 12.1 Å². The van der Waals surface area contributed by atoms with E-state index in [1.54, 1.807) is 24.3 Å². The molecular formula is C17H13F3IN3O2. The van der Waals surface area contributed by atoms with Crippen LogP contribution in [0.2, 0.25) is 0 Å². The lowest BCUT2D eigenvalue weighted by molar-refractivity contribution is -0.137. The minimum Gasteiger partial charge on any atom is -0.343 e. The molecule has 2 amide bonds. The van der Waals surface area contributed by atoms with Crippen LogP contribution in [-0.4, -0.2) is 24.6 Å². The van der Waals surface area contributed by atoms with Gasteiger partial charge in [0.25, 0.3) is 11.8 Å². The molecule has 0 heterocycles. The number of hydrogen-bond donors (Lipinski definition) is 2. The minimum absolute atomic E-state index is 0.178. The van der Waals surface area contributed by atoms with Gasteiger partial charge in [0.05, 0.1) is 23.9 Å². The van der Waals surface area contributed by atoms with Crippen molar-refractivity contribution in [3.05, 3.63) is 68.8 Å². The molecule has 0 saturated carbocycles. The maximum atomic E-state index is 12.8. The quantitative estimate of drug-likeness (QED) is 0.397. The Morgan fingerprint density at radius 3 is 2.42 bits per heavy atom. The monoisotopic (exact) mass is 475 g/mol. The van der Waals surface area contributed by atoms with Gasteiger partial charge in [-0.1, -0.05) is 30.3 Å². The van der Waals surface area contributed by atoms with Crippen LogP contribution in [-0.2, 0) is 11.0 Å². The van der Waals surface area contributed by atoms with E-state index in [9.17, 15) is 22.8 Å². The van der Waals surface area contributed by atoms with Crippen molar-refractivity contribution in [2.75, 3.05) is 6.54 Å². The minimum atomic E-state index is -4.52. The van der Waals surface area contributed by atoms with Crippen molar-refractivity contribution in [2.45, 2.75) is 6.18 Å². The smallest absolute Gasteiger partial charge is 0.343 e. The maximum Gasteiger partial charge on any atom is 0.417 e. The van der Waals surface area contributed by atoms with E-state index in [2.05, 4.69) is 15.8 Å². The summed E-state index contributed by atoms with van der Waals surface area (Å²) in [4.78, 5) is 23.6. The predicted octanol–water partition coefficient (Wildman–Crippen LogP) is 3.19. The molecule has 26 heavy (non-hydrogen) atoms. The van der Waals surface area contributed by atoms with Crippen LogP contribution in [0.5, 0.6) is 0 Å². The third-order valence-corrected chi connectivity index (χ3v) is 4.13. The first-order valence-electron chi connectivity index (χ1n) is 7.30. The molecule has 0 bridgehead atoms. The summed E-state index contributed by atoms with van der Waals surface area (Å²) in [6.45, 7) is -0.359. The number of benzene rings is 2. The summed E-state index contributed by atoms with van der Waals surface area (Å²) < 4.78 is 39.2. The van der Waals surface area contributed by atoms with E-state index in [4.69, 9.17) is 0 Å². The molecule has 2 aromatic carbocycles. The number of carbonyl (C=O) groups is 2. The highest BCUT2D eigenvalue weighted by Gasteiger charge is 2.32. The maximum absolute atomic E-state index is 12.8. The van der Waals surface area contributed by atoms with Gasteiger partial charge in [-0.15, -0.1) is 0 Å². The Bertz CT molecular complexity index is 838. The molecule has 0 saturated heterocycles. The molecule has 0 atom stereocenters. The highest BCUT2D eigenvalue weighted by Crippen LogP contribution is 2.30. The zero-order valence-corrected chi connectivity index (χ0v) is 15.3. The van der Waals surface area contributed by atoms with Gasteiger partial charge >= 0.3 is 6.18 Å². The fraction of sp³-hybridized carbons (Fsp3) is 0.118. The van der Waals surface area contributed by atoms with E-state index in [1.165, 1.54) is 18.2 Å². The number of alkyl halides is 3. The molecule has 0 aliphatic carbocycles. The number of hydrazone groups is 1. The molecule has 0 fully saturated rings. The Balaban J connectivity index is 1.91. The summed E-state index contributed by atoms with van der Waals surface area (Å²) in [5, 5.41) is 5.92. The van der Waals surface area contributed by atoms with Crippen LogP contribution in [0.25, 0.3) is 0 Å². The molecular weight excluding hydrogens is 462 g/mol. The molecule has 0 aliphatic heterocycles. The first kappa shape index (κ1) is 19.9. The SMILES string of the molecule is O=C(CNC(=O)c1ccccc1I)N/N=C\c1ccccc1C(F)(F)F. The Kier molecular flexibility index (Phi) is 6.72. The summed E-state index contributed by atoms with van der Waals surface area (Å²) in [5.74, 6) is -1.10. The molecule has 0 unspecified atom stereocenters. The van der Waals surface area contributed by atoms with E-state index in [0.29, 0.717) is 5.56 Å². The molecule has 0 radical (unpaired) electrons. The third-order valence-electron chi connectivity index (χ3n) is 3.19. The highest BCUT2D eigenvalue weighted by molar-refractivity contribution is 14.1. The number of rotatable bonds is 5. The van der Waals surface area contributed by atoms with E-state index in [1.807, 2.05) is 22.6 Å². The summed E-state index contributed by atoms with van der Waals surface area (Å²) in [6.07, 6.45) is -3.61. The second-order valence-corrected chi connectivity index (χ2v) is 6.20. The Labute approximate surface area is 160 Å². The zero-order valence-electron chi connectivity index (χ0n) is 13.2. The van der Waals surface area contributed by atoms with Crippen molar-refractivity contribution < 1.29 is 22.8 Å². The van der Waals surface area contributed by atoms with Crippen molar-refractivity contribution in [2.24, 2.45) is 5.10 Å². The second kappa shape index (κ2) is 8.79.